The summed E-state index contributed by atoms with van der Waals surface area (Å²) in [5.41, 5.74) is 1.93. The van der Waals surface area contributed by atoms with Gasteiger partial charge in [0.1, 0.15) is 0 Å². The van der Waals surface area contributed by atoms with E-state index in [2.05, 4.69) is 33.1 Å². The fourth-order valence-electron chi connectivity index (χ4n) is 5.65. The summed E-state index contributed by atoms with van der Waals surface area (Å²) < 4.78 is 2.31. The van der Waals surface area contributed by atoms with E-state index < -0.39 is 0 Å². The Morgan fingerprint density at radius 2 is 1.83 bits per heavy atom. The zero-order valence-electron chi connectivity index (χ0n) is 21.1. The number of nitrogens with one attached hydrogen (secondary N) is 1. The van der Waals surface area contributed by atoms with Crippen molar-refractivity contribution in [3.8, 4) is 0 Å². The van der Waals surface area contributed by atoms with Crippen LogP contribution in [0.1, 0.15) is 57.4 Å². The van der Waals surface area contributed by atoms with Gasteiger partial charge in [-0.3, -0.25) is 19.3 Å². The summed E-state index contributed by atoms with van der Waals surface area (Å²) in [5, 5.41) is 3.62. The van der Waals surface area contributed by atoms with Gasteiger partial charge in [-0.1, -0.05) is 25.3 Å². The molecule has 4 rings (SSSR count). The minimum Gasteiger partial charge on any atom is -0.359 e. The number of amides is 3. The van der Waals surface area contributed by atoms with Gasteiger partial charge in [-0.05, 0) is 43.9 Å². The second kappa shape index (κ2) is 11.7. The van der Waals surface area contributed by atoms with Crippen LogP contribution >= 0.6 is 0 Å². The number of aromatic nitrogens is 1. The fraction of sp³-hybridized carbons (Fsp3) is 0.593. The van der Waals surface area contributed by atoms with E-state index in [9.17, 15) is 14.4 Å². The number of carbonyl (C=O) groups is 3. The number of benzene rings is 1. The van der Waals surface area contributed by atoms with Crippen LogP contribution in [-0.2, 0) is 14.4 Å². The van der Waals surface area contributed by atoms with E-state index >= 15 is 0 Å². The first-order valence-corrected chi connectivity index (χ1v) is 13.0. The first-order chi connectivity index (χ1) is 17.0. The summed E-state index contributed by atoms with van der Waals surface area (Å²) in [4.78, 5) is 42.2. The highest BCUT2D eigenvalue weighted by Gasteiger charge is 2.27. The van der Waals surface area contributed by atoms with E-state index in [1.54, 1.807) is 11.9 Å². The molecule has 0 spiro atoms. The van der Waals surface area contributed by atoms with Crippen molar-refractivity contribution in [3.63, 3.8) is 0 Å². The maximum Gasteiger partial charge on any atom is 0.236 e. The Morgan fingerprint density at radius 3 is 2.51 bits per heavy atom. The average Bonchev–Trinajstić information content (AvgIpc) is 3.34. The van der Waals surface area contributed by atoms with Gasteiger partial charge in [0.2, 0.25) is 18.2 Å². The Balaban J connectivity index is 1.37. The Kier molecular flexibility index (Phi) is 8.44. The molecule has 8 nitrogen and oxygen atoms in total. The molecule has 1 N–H and O–H groups in total. The Bertz CT molecular complexity index is 1020. The van der Waals surface area contributed by atoms with Crippen molar-refractivity contribution in [1.82, 2.24) is 19.7 Å². The molecule has 1 saturated carbocycles. The minimum atomic E-state index is -0.0863. The van der Waals surface area contributed by atoms with Gasteiger partial charge in [-0.2, -0.15) is 0 Å². The molecule has 190 valence electrons. The molecule has 35 heavy (non-hydrogen) atoms. The molecular formula is C27H39N5O3. The monoisotopic (exact) mass is 481 g/mol. The van der Waals surface area contributed by atoms with Gasteiger partial charge >= 0.3 is 0 Å². The summed E-state index contributed by atoms with van der Waals surface area (Å²) >= 11 is 0. The van der Waals surface area contributed by atoms with E-state index in [-0.39, 0.29) is 18.2 Å². The summed E-state index contributed by atoms with van der Waals surface area (Å²) in [7, 11) is 3.58. The lowest BCUT2D eigenvalue weighted by Crippen LogP contribution is -2.46. The smallest absolute Gasteiger partial charge is 0.236 e. The molecule has 2 aliphatic rings. The highest BCUT2D eigenvalue weighted by atomic mass is 16.2. The fourth-order valence-corrected chi connectivity index (χ4v) is 5.65. The number of hydrogen-bond donors (Lipinski definition) is 1. The summed E-state index contributed by atoms with van der Waals surface area (Å²) in [5.74, 6) is 0.161. The second-order valence-electron chi connectivity index (χ2n) is 9.96. The maximum absolute atomic E-state index is 12.9. The summed E-state index contributed by atoms with van der Waals surface area (Å²) in [6.07, 6.45) is 11.2. The SMILES string of the molecule is CNC(=O)CCN(C=O)c1cccc2c1ccn2C1CCN(CC(=O)N(C)C2CCCCC2)CC1. The third-order valence-corrected chi connectivity index (χ3v) is 7.86. The number of piperidine rings is 1. The zero-order chi connectivity index (χ0) is 24.8. The number of likely N-dealkylation sites (N-methyl/N-ethyl adjacent to an activating group) is 1. The third-order valence-electron chi connectivity index (χ3n) is 7.86. The van der Waals surface area contributed by atoms with Crippen LogP contribution in [0.3, 0.4) is 0 Å². The zero-order valence-corrected chi connectivity index (χ0v) is 21.1. The topological polar surface area (TPSA) is 77.9 Å². The molecule has 0 atom stereocenters. The van der Waals surface area contributed by atoms with Crippen molar-refractivity contribution in [1.29, 1.82) is 0 Å². The molecule has 0 unspecified atom stereocenters. The van der Waals surface area contributed by atoms with Crippen LogP contribution in [0.15, 0.2) is 30.5 Å². The lowest BCUT2D eigenvalue weighted by Gasteiger charge is -2.36. The van der Waals surface area contributed by atoms with Crippen LogP contribution in [0.25, 0.3) is 10.9 Å². The molecule has 2 aromatic rings. The second-order valence-corrected chi connectivity index (χ2v) is 9.96. The van der Waals surface area contributed by atoms with Crippen LogP contribution in [0.4, 0.5) is 5.69 Å². The van der Waals surface area contributed by atoms with Crippen LogP contribution in [0.2, 0.25) is 0 Å². The van der Waals surface area contributed by atoms with Gasteiger partial charge in [0, 0.05) is 63.8 Å². The molecule has 1 aliphatic carbocycles. The van der Waals surface area contributed by atoms with Gasteiger partial charge in [0.05, 0.1) is 17.7 Å². The Morgan fingerprint density at radius 1 is 1.09 bits per heavy atom. The van der Waals surface area contributed by atoms with E-state index in [0.29, 0.717) is 25.2 Å². The molecule has 3 amide bonds. The lowest BCUT2D eigenvalue weighted by atomic mass is 9.94. The van der Waals surface area contributed by atoms with Crippen molar-refractivity contribution in [3.05, 3.63) is 30.5 Å². The molecule has 0 radical (unpaired) electrons. The highest BCUT2D eigenvalue weighted by molar-refractivity contribution is 5.97. The lowest BCUT2D eigenvalue weighted by molar-refractivity contribution is -0.134. The highest BCUT2D eigenvalue weighted by Crippen LogP contribution is 2.32. The molecule has 1 aromatic heterocycles. The van der Waals surface area contributed by atoms with Crippen molar-refractivity contribution in [2.24, 2.45) is 0 Å². The first-order valence-electron chi connectivity index (χ1n) is 13.0. The van der Waals surface area contributed by atoms with E-state index in [0.717, 1.165) is 61.8 Å². The molecule has 1 aromatic carbocycles. The van der Waals surface area contributed by atoms with Crippen LogP contribution in [-0.4, -0.2) is 78.9 Å². The number of anilines is 1. The number of likely N-dealkylation sites (tertiary alicyclic amines) is 1. The van der Waals surface area contributed by atoms with Crippen LogP contribution in [0, 0.1) is 0 Å². The number of nitrogens with zero attached hydrogens (tertiary/aromatic N) is 4. The molecular weight excluding hydrogens is 442 g/mol. The van der Waals surface area contributed by atoms with Crippen LogP contribution in [0.5, 0.6) is 0 Å². The minimum absolute atomic E-state index is 0.0863. The molecule has 1 aliphatic heterocycles. The van der Waals surface area contributed by atoms with Gasteiger partial charge in [0.15, 0.2) is 0 Å². The Labute approximate surface area is 208 Å². The van der Waals surface area contributed by atoms with Crippen molar-refractivity contribution < 1.29 is 14.4 Å². The van der Waals surface area contributed by atoms with Gasteiger partial charge in [-0.25, -0.2) is 0 Å². The number of hydrogen-bond acceptors (Lipinski definition) is 4. The normalized spacial score (nSPS) is 17.9. The van der Waals surface area contributed by atoms with E-state index in [1.807, 2.05) is 24.1 Å². The molecule has 1 saturated heterocycles. The maximum atomic E-state index is 12.9. The molecule has 2 heterocycles. The number of fused-ring (bicyclic) bond motifs is 1. The van der Waals surface area contributed by atoms with Gasteiger partial charge in [0.25, 0.3) is 0 Å². The largest absolute Gasteiger partial charge is 0.359 e. The standard InChI is InChI=1S/C27H39N5O3/c1-28-26(34)14-17-31(20-33)24-9-6-10-25-23(24)13-18-32(25)22-11-15-30(16-12-22)19-27(35)29(2)21-7-4-3-5-8-21/h6,9-10,13,18,20-22H,3-5,7-8,11-12,14-17,19H2,1-2H3,(H,28,34). The molecule has 2 fully saturated rings. The van der Waals surface area contributed by atoms with E-state index in [1.165, 1.54) is 19.3 Å². The van der Waals surface area contributed by atoms with E-state index in [4.69, 9.17) is 0 Å². The predicted molar refractivity (Wildman–Crippen MR) is 138 cm³/mol. The number of carbonyl (C=O) groups excluding carboxylic acids is 3. The van der Waals surface area contributed by atoms with Crippen molar-refractivity contribution in [2.45, 2.75) is 63.5 Å². The van der Waals surface area contributed by atoms with Crippen LogP contribution < -0.4 is 10.2 Å². The molecule has 0 bridgehead atoms. The predicted octanol–water partition coefficient (Wildman–Crippen LogP) is 3.17. The van der Waals surface area contributed by atoms with Gasteiger partial charge in [-0.15, -0.1) is 0 Å². The first kappa shape index (κ1) is 25.2. The quantitative estimate of drug-likeness (QED) is 0.558. The van der Waals surface area contributed by atoms with Crippen molar-refractivity contribution >= 4 is 34.8 Å². The average molecular weight is 482 g/mol. The Hall–Kier alpha value is -2.87. The van der Waals surface area contributed by atoms with Crippen molar-refractivity contribution in [2.75, 3.05) is 45.2 Å². The number of rotatable bonds is 9. The summed E-state index contributed by atoms with van der Waals surface area (Å²) in [6.45, 7) is 2.66. The van der Waals surface area contributed by atoms with Gasteiger partial charge < -0.3 is 19.7 Å². The third kappa shape index (κ3) is 5.86. The summed E-state index contributed by atoms with van der Waals surface area (Å²) in [6, 6.07) is 8.84. The molecule has 8 heteroatoms.